The summed E-state index contributed by atoms with van der Waals surface area (Å²) < 4.78 is 38.9. The summed E-state index contributed by atoms with van der Waals surface area (Å²) >= 11 is 1.75. The van der Waals surface area contributed by atoms with E-state index in [-0.39, 0.29) is 10.9 Å². The molecular weight excluding hydrogens is 261 g/mol. The Kier molecular flexibility index (Phi) is 3.75. The molecule has 0 saturated carbocycles. The Morgan fingerprint density at radius 2 is 2.00 bits per heavy atom. The number of halogens is 1. The van der Waals surface area contributed by atoms with Crippen molar-refractivity contribution >= 4 is 21.8 Å². The third-order valence-electron chi connectivity index (χ3n) is 2.73. The molecule has 2 rings (SSSR count). The normalized spacial score (nSPS) is 22.6. The van der Waals surface area contributed by atoms with Gasteiger partial charge in [0.05, 0.1) is 4.90 Å². The van der Waals surface area contributed by atoms with Gasteiger partial charge in [-0.25, -0.2) is 12.8 Å². The minimum Gasteiger partial charge on any atom is -0.207 e. The molecule has 1 aromatic rings. The number of nitrogens with zero attached hydrogens (tertiary/aromatic N) is 1. The quantitative estimate of drug-likeness (QED) is 0.828. The van der Waals surface area contributed by atoms with Gasteiger partial charge >= 0.3 is 0 Å². The first-order valence-corrected chi connectivity index (χ1v) is 7.96. The molecule has 1 unspecified atom stereocenters. The highest BCUT2D eigenvalue weighted by Gasteiger charge is 2.30. The molecule has 1 fully saturated rings. The standard InChI is InChI=1S/C11H14FNO2S2/c1-9-8-16-7-6-13(9)17(14,15)11-4-2-10(12)3-5-11/h2-5,9H,6-8H2,1H3. The predicted octanol–water partition coefficient (Wildman–Crippen LogP) is 1.95. The molecular formula is C11H14FNO2S2. The third kappa shape index (κ3) is 2.64. The molecule has 0 aromatic heterocycles. The van der Waals surface area contributed by atoms with Gasteiger partial charge in [-0.05, 0) is 31.2 Å². The molecule has 3 nitrogen and oxygen atoms in total. The Morgan fingerprint density at radius 1 is 1.35 bits per heavy atom. The summed E-state index contributed by atoms with van der Waals surface area (Å²) in [5.74, 6) is 1.19. The van der Waals surface area contributed by atoms with E-state index in [9.17, 15) is 12.8 Å². The summed E-state index contributed by atoms with van der Waals surface area (Å²) in [5.41, 5.74) is 0. The van der Waals surface area contributed by atoms with Gasteiger partial charge in [-0.3, -0.25) is 0 Å². The smallest absolute Gasteiger partial charge is 0.207 e. The fourth-order valence-corrected chi connectivity index (χ4v) is 4.67. The van der Waals surface area contributed by atoms with E-state index >= 15 is 0 Å². The van der Waals surface area contributed by atoms with Gasteiger partial charge in [0, 0.05) is 24.1 Å². The Bertz CT molecular complexity index is 487. The largest absolute Gasteiger partial charge is 0.243 e. The molecule has 0 spiro atoms. The maximum Gasteiger partial charge on any atom is 0.243 e. The van der Waals surface area contributed by atoms with Crippen LogP contribution in [0, 0.1) is 5.82 Å². The lowest BCUT2D eigenvalue weighted by Crippen LogP contribution is -2.44. The van der Waals surface area contributed by atoms with Gasteiger partial charge in [0.1, 0.15) is 5.82 Å². The Hall–Kier alpha value is -0.590. The highest BCUT2D eigenvalue weighted by atomic mass is 32.2. The molecule has 1 aliphatic heterocycles. The molecule has 0 bridgehead atoms. The van der Waals surface area contributed by atoms with Crippen molar-refractivity contribution < 1.29 is 12.8 Å². The van der Waals surface area contributed by atoms with Crippen LogP contribution in [0.25, 0.3) is 0 Å². The first kappa shape index (κ1) is 12.9. The molecule has 0 aliphatic carbocycles. The van der Waals surface area contributed by atoms with E-state index in [1.54, 1.807) is 11.8 Å². The van der Waals surface area contributed by atoms with Crippen molar-refractivity contribution in [2.75, 3.05) is 18.1 Å². The van der Waals surface area contributed by atoms with E-state index in [1.165, 1.54) is 28.6 Å². The van der Waals surface area contributed by atoms with E-state index in [0.717, 1.165) is 11.5 Å². The van der Waals surface area contributed by atoms with Gasteiger partial charge in [-0.15, -0.1) is 0 Å². The number of rotatable bonds is 2. The lowest BCUT2D eigenvalue weighted by Gasteiger charge is -2.31. The molecule has 0 N–H and O–H groups in total. The number of hydrogen-bond acceptors (Lipinski definition) is 3. The van der Waals surface area contributed by atoms with Gasteiger partial charge in [0.25, 0.3) is 0 Å². The van der Waals surface area contributed by atoms with Crippen LogP contribution in [0.1, 0.15) is 6.92 Å². The second-order valence-corrected chi connectivity index (χ2v) is 7.03. The predicted molar refractivity (Wildman–Crippen MR) is 67.1 cm³/mol. The number of thioether (sulfide) groups is 1. The van der Waals surface area contributed by atoms with E-state index < -0.39 is 15.8 Å². The van der Waals surface area contributed by atoms with Crippen LogP contribution in [0.15, 0.2) is 29.2 Å². The Morgan fingerprint density at radius 3 is 2.59 bits per heavy atom. The Balaban J connectivity index is 2.32. The van der Waals surface area contributed by atoms with Crippen molar-refractivity contribution in [3.05, 3.63) is 30.1 Å². The van der Waals surface area contributed by atoms with Crippen LogP contribution in [0.4, 0.5) is 4.39 Å². The highest BCUT2D eigenvalue weighted by Crippen LogP contribution is 2.24. The zero-order valence-corrected chi connectivity index (χ0v) is 11.1. The average molecular weight is 275 g/mol. The van der Waals surface area contributed by atoms with E-state index in [1.807, 2.05) is 6.92 Å². The molecule has 1 saturated heterocycles. The van der Waals surface area contributed by atoms with Gasteiger partial charge in [0.15, 0.2) is 0 Å². The lowest BCUT2D eigenvalue weighted by atomic mass is 10.3. The second-order valence-electron chi connectivity index (χ2n) is 3.99. The van der Waals surface area contributed by atoms with Crippen molar-refractivity contribution in [1.82, 2.24) is 4.31 Å². The summed E-state index contributed by atoms with van der Waals surface area (Å²) in [6.07, 6.45) is 0. The first-order chi connectivity index (χ1) is 8.01. The Labute approximate surface area is 105 Å². The SMILES string of the molecule is CC1CSCCN1S(=O)(=O)c1ccc(F)cc1. The third-order valence-corrected chi connectivity index (χ3v) is 5.94. The van der Waals surface area contributed by atoms with Crippen LogP contribution in [-0.2, 0) is 10.0 Å². The van der Waals surface area contributed by atoms with E-state index in [2.05, 4.69) is 0 Å². The van der Waals surface area contributed by atoms with Crippen LogP contribution < -0.4 is 0 Å². The van der Waals surface area contributed by atoms with Crippen molar-refractivity contribution in [3.8, 4) is 0 Å². The maximum atomic E-state index is 12.8. The van der Waals surface area contributed by atoms with Gasteiger partial charge in [0.2, 0.25) is 10.0 Å². The first-order valence-electron chi connectivity index (χ1n) is 5.37. The van der Waals surface area contributed by atoms with Crippen molar-refractivity contribution in [2.45, 2.75) is 17.9 Å². The molecule has 1 aromatic carbocycles. The number of hydrogen-bond donors (Lipinski definition) is 0. The molecule has 0 amide bonds. The summed E-state index contributed by atoms with van der Waals surface area (Å²) in [7, 11) is -3.47. The van der Waals surface area contributed by atoms with Crippen LogP contribution in [0.5, 0.6) is 0 Å². The minimum absolute atomic E-state index is 0.0104. The van der Waals surface area contributed by atoms with Crippen LogP contribution in [0.3, 0.4) is 0 Å². The van der Waals surface area contributed by atoms with Crippen molar-refractivity contribution in [2.24, 2.45) is 0 Å². The fourth-order valence-electron chi connectivity index (χ4n) is 1.81. The zero-order chi connectivity index (χ0) is 12.5. The molecule has 1 atom stereocenters. The maximum absolute atomic E-state index is 12.8. The highest BCUT2D eigenvalue weighted by molar-refractivity contribution is 7.99. The van der Waals surface area contributed by atoms with Gasteiger partial charge < -0.3 is 0 Å². The van der Waals surface area contributed by atoms with E-state index in [0.29, 0.717) is 6.54 Å². The van der Waals surface area contributed by atoms with Crippen LogP contribution in [-0.4, -0.2) is 36.8 Å². The molecule has 1 heterocycles. The molecule has 1 aliphatic rings. The second kappa shape index (κ2) is 4.96. The topological polar surface area (TPSA) is 37.4 Å². The average Bonchev–Trinajstić information content (AvgIpc) is 2.30. The van der Waals surface area contributed by atoms with Crippen LogP contribution in [0.2, 0.25) is 0 Å². The molecule has 94 valence electrons. The molecule has 6 heteroatoms. The summed E-state index contributed by atoms with van der Waals surface area (Å²) in [6, 6.07) is 4.98. The summed E-state index contributed by atoms with van der Waals surface area (Å²) in [4.78, 5) is 0.164. The lowest BCUT2D eigenvalue weighted by molar-refractivity contribution is 0.367. The number of benzene rings is 1. The monoisotopic (exact) mass is 275 g/mol. The van der Waals surface area contributed by atoms with E-state index in [4.69, 9.17) is 0 Å². The molecule has 0 radical (unpaired) electrons. The van der Waals surface area contributed by atoms with Crippen LogP contribution >= 0.6 is 11.8 Å². The summed E-state index contributed by atoms with van der Waals surface area (Å²) in [5, 5.41) is 0. The van der Waals surface area contributed by atoms with Crippen molar-refractivity contribution in [1.29, 1.82) is 0 Å². The van der Waals surface area contributed by atoms with Gasteiger partial charge in [-0.1, -0.05) is 0 Å². The van der Waals surface area contributed by atoms with Crippen molar-refractivity contribution in [3.63, 3.8) is 0 Å². The molecule has 17 heavy (non-hydrogen) atoms. The fraction of sp³-hybridized carbons (Fsp3) is 0.455. The summed E-state index contributed by atoms with van der Waals surface area (Å²) in [6.45, 7) is 2.42. The number of sulfonamides is 1. The zero-order valence-electron chi connectivity index (χ0n) is 9.47. The van der Waals surface area contributed by atoms with Gasteiger partial charge in [-0.2, -0.15) is 16.1 Å². The minimum atomic E-state index is -3.47.